The predicted octanol–water partition coefficient (Wildman–Crippen LogP) is 0.376. The Morgan fingerprint density at radius 1 is 1.69 bits per heavy atom. The van der Waals surface area contributed by atoms with Crippen LogP contribution in [0.15, 0.2) is 6.07 Å². The normalized spacial score (nSPS) is 10.5. The summed E-state index contributed by atoms with van der Waals surface area (Å²) in [5, 5.41) is 4.18. The first-order valence-corrected chi connectivity index (χ1v) is 4.13. The highest BCUT2D eigenvalue weighted by atomic mass is 16.2. The number of aromatic nitrogens is 2. The minimum atomic E-state index is -0.311. The summed E-state index contributed by atoms with van der Waals surface area (Å²) >= 11 is 0. The van der Waals surface area contributed by atoms with E-state index >= 15 is 0 Å². The zero-order chi connectivity index (χ0) is 10.0. The fraction of sp³-hybridized carbons (Fsp3) is 0.500. The molecule has 1 amide bonds. The van der Waals surface area contributed by atoms with Gasteiger partial charge in [-0.3, -0.25) is 14.9 Å². The van der Waals surface area contributed by atoms with Crippen molar-refractivity contribution in [3.63, 3.8) is 0 Å². The number of hydrazine groups is 1. The van der Waals surface area contributed by atoms with Crippen molar-refractivity contribution in [3.8, 4) is 0 Å². The summed E-state index contributed by atoms with van der Waals surface area (Å²) < 4.78 is 1.65. The standard InChI is InChI=1S/C8H14N4O/c1-5(2)12-7(8(13)10-9)4-6(3)11-12/h4-5H,9H2,1-3H3,(H,10,13). The highest BCUT2D eigenvalue weighted by molar-refractivity contribution is 5.92. The number of amides is 1. The summed E-state index contributed by atoms with van der Waals surface area (Å²) in [6.07, 6.45) is 0. The molecule has 0 aliphatic heterocycles. The van der Waals surface area contributed by atoms with Crippen molar-refractivity contribution in [2.75, 3.05) is 0 Å². The smallest absolute Gasteiger partial charge is 0.283 e. The third-order valence-electron chi connectivity index (χ3n) is 1.71. The Bertz CT molecular complexity index is 316. The lowest BCUT2D eigenvalue weighted by molar-refractivity contribution is 0.0941. The van der Waals surface area contributed by atoms with Gasteiger partial charge in [0.2, 0.25) is 0 Å². The van der Waals surface area contributed by atoms with Crippen LogP contribution in [0, 0.1) is 6.92 Å². The van der Waals surface area contributed by atoms with Crippen LogP contribution in [0.2, 0.25) is 0 Å². The van der Waals surface area contributed by atoms with Gasteiger partial charge in [-0.05, 0) is 26.8 Å². The van der Waals surface area contributed by atoms with Crippen LogP contribution in [-0.4, -0.2) is 15.7 Å². The van der Waals surface area contributed by atoms with Crippen LogP contribution in [-0.2, 0) is 0 Å². The molecule has 0 aliphatic rings. The number of nitrogen functional groups attached to an aromatic ring is 1. The Hall–Kier alpha value is -1.36. The summed E-state index contributed by atoms with van der Waals surface area (Å²) in [5.41, 5.74) is 3.40. The molecule has 0 saturated heterocycles. The lowest BCUT2D eigenvalue weighted by Crippen LogP contribution is -2.32. The third-order valence-corrected chi connectivity index (χ3v) is 1.71. The number of rotatable bonds is 2. The summed E-state index contributed by atoms with van der Waals surface area (Å²) in [6, 6.07) is 1.86. The predicted molar refractivity (Wildman–Crippen MR) is 49.0 cm³/mol. The molecule has 72 valence electrons. The molecular weight excluding hydrogens is 168 g/mol. The molecule has 0 aliphatic carbocycles. The van der Waals surface area contributed by atoms with Crippen LogP contribution < -0.4 is 11.3 Å². The van der Waals surface area contributed by atoms with Gasteiger partial charge < -0.3 is 0 Å². The minimum Gasteiger partial charge on any atom is -0.289 e. The van der Waals surface area contributed by atoms with E-state index in [1.54, 1.807) is 10.7 Å². The van der Waals surface area contributed by atoms with Crippen molar-refractivity contribution in [3.05, 3.63) is 17.5 Å². The molecule has 13 heavy (non-hydrogen) atoms. The quantitative estimate of drug-likeness (QED) is 0.394. The molecule has 0 spiro atoms. The van der Waals surface area contributed by atoms with Crippen LogP contribution in [0.1, 0.15) is 36.1 Å². The highest BCUT2D eigenvalue weighted by Gasteiger charge is 2.14. The Labute approximate surface area is 76.9 Å². The van der Waals surface area contributed by atoms with Crippen molar-refractivity contribution in [1.82, 2.24) is 15.2 Å². The van der Waals surface area contributed by atoms with E-state index in [1.807, 2.05) is 20.8 Å². The van der Waals surface area contributed by atoms with E-state index in [0.717, 1.165) is 5.69 Å². The van der Waals surface area contributed by atoms with Crippen LogP contribution in [0.3, 0.4) is 0 Å². The number of nitrogens with zero attached hydrogens (tertiary/aromatic N) is 2. The molecule has 0 atom stereocenters. The van der Waals surface area contributed by atoms with Gasteiger partial charge in [0.15, 0.2) is 0 Å². The zero-order valence-corrected chi connectivity index (χ0v) is 8.03. The maximum absolute atomic E-state index is 11.3. The number of nitrogens with one attached hydrogen (secondary N) is 1. The van der Waals surface area contributed by atoms with Crippen molar-refractivity contribution < 1.29 is 4.79 Å². The minimum absolute atomic E-state index is 0.154. The molecule has 1 aromatic rings. The Morgan fingerprint density at radius 2 is 2.31 bits per heavy atom. The molecule has 1 rings (SSSR count). The number of hydrogen-bond donors (Lipinski definition) is 2. The summed E-state index contributed by atoms with van der Waals surface area (Å²) in [5.74, 6) is 4.73. The van der Waals surface area contributed by atoms with Gasteiger partial charge in [0.05, 0.1) is 5.69 Å². The molecule has 1 heterocycles. The number of carbonyl (C=O) groups excluding carboxylic acids is 1. The van der Waals surface area contributed by atoms with Gasteiger partial charge in [-0.2, -0.15) is 5.10 Å². The summed E-state index contributed by atoms with van der Waals surface area (Å²) in [6.45, 7) is 5.76. The van der Waals surface area contributed by atoms with E-state index in [0.29, 0.717) is 5.69 Å². The molecule has 0 unspecified atom stereocenters. The molecule has 5 nitrogen and oxygen atoms in total. The molecule has 0 fully saturated rings. The van der Waals surface area contributed by atoms with Crippen LogP contribution in [0.25, 0.3) is 0 Å². The van der Waals surface area contributed by atoms with E-state index in [2.05, 4.69) is 10.5 Å². The van der Waals surface area contributed by atoms with Gasteiger partial charge in [-0.25, -0.2) is 5.84 Å². The Kier molecular flexibility index (Phi) is 2.67. The average molecular weight is 182 g/mol. The second-order valence-corrected chi connectivity index (χ2v) is 3.18. The maximum Gasteiger partial charge on any atom is 0.283 e. The van der Waals surface area contributed by atoms with Gasteiger partial charge in [0, 0.05) is 6.04 Å². The SMILES string of the molecule is Cc1cc(C(=O)NN)n(C(C)C)n1. The number of aryl methyl sites for hydroxylation is 1. The van der Waals surface area contributed by atoms with Gasteiger partial charge in [-0.15, -0.1) is 0 Å². The van der Waals surface area contributed by atoms with Gasteiger partial charge in [-0.1, -0.05) is 0 Å². The van der Waals surface area contributed by atoms with Gasteiger partial charge in [0.25, 0.3) is 5.91 Å². The van der Waals surface area contributed by atoms with E-state index in [1.165, 1.54) is 0 Å². The molecule has 0 radical (unpaired) electrons. The highest BCUT2D eigenvalue weighted by Crippen LogP contribution is 2.10. The van der Waals surface area contributed by atoms with Gasteiger partial charge >= 0.3 is 0 Å². The first kappa shape index (κ1) is 9.73. The van der Waals surface area contributed by atoms with Crippen molar-refractivity contribution in [2.24, 2.45) is 5.84 Å². The number of carbonyl (C=O) groups is 1. The molecule has 5 heteroatoms. The number of nitrogens with two attached hydrogens (primary N) is 1. The third kappa shape index (κ3) is 1.86. The second kappa shape index (κ2) is 3.57. The van der Waals surface area contributed by atoms with Crippen LogP contribution in [0.5, 0.6) is 0 Å². The van der Waals surface area contributed by atoms with Crippen molar-refractivity contribution in [2.45, 2.75) is 26.8 Å². The summed E-state index contributed by atoms with van der Waals surface area (Å²) in [7, 11) is 0. The molecular formula is C8H14N4O. The summed E-state index contributed by atoms with van der Waals surface area (Å²) in [4.78, 5) is 11.3. The zero-order valence-electron chi connectivity index (χ0n) is 8.03. The molecule has 0 bridgehead atoms. The van der Waals surface area contributed by atoms with Gasteiger partial charge in [0.1, 0.15) is 5.69 Å². The number of hydrogen-bond acceptors (Lipinski definition) is 3. The average Bonchev–Trinajstić information content (AvgIpc) is 2.46. The molecule has 0 aromatic carbocycles. The lowest BCUT2D eigenvalue weighted by atomic mass is 10.3. The maximum atomic E-state index is 11.3. The molecule has 3 N–H and O–H groups in total. The molecule has 0 saturated carbocycles. The molecule has 1 aromatic heterocycles. The Morgan fingerprint density at radius 3 is 2.77 bits per heavy atom. The Balaban J connectivity index is 3.11. The second-order valence-electron chi connectivity index (χ2n) is 3.18. The van der Waals surface area contributed by atoms with E-state index in [4.69, 9.17) is 5.84 Å². The van der Waals surface area contributed by atoms with Crippen LogP contribution >= 0.6 is 0 Å². The van der Waals surface area contributed by atoms with E-state index < -0.39 is 0 Å². The fourth-order valence-electron chi connectivity index (χ4n) is 1.15. The largest absolute Gasteiger partial charge is 0.289 e. The monoisotopic (exact) mass is 182 g/mol. The van der Waals surface area contributed by atoms with Crippen LogP contribution in [0.4, 0.5) is 0 Å². The van der Waals surface area contributed by atoms with E-state index in [-0.39, 0.29) is 11.9 Å². The first-order chi connectivity index (χ1) is 6.06. The topological polar surface area (TPSA) is 72.9 Å². The fourth-order valence-corrected chi connectivity index (χ4v) is 1.15. The van der Waals surface area contributed by atoms with Crippen molar-refractivity contribution >= 4 is 5.91 Å². The lowest BCUT2D eigenvalue weighted by Gasteiger charge is -2.08. The first-order valence-electron chi connectivity index (χ1n) is 4.13. The van der Waals surface area contributed by atoms with Crippen molar-refractivity contribution in [1.29, 1.82) is 0 Å². The van der Waals surface area contributed by atoms with E-state index in [9.17, 15) is 4.79 Å².